The topological polar surface area (TPSA) is 126 Å². The predicted molar refractivity (Wildman–Crippen MR) is 100 cm³/mol. The van der Waals surface area contributed by atoms with Crippen molar-refractivity contribution in [3.63, 3.8) is 0 Å². The van der Waals surface area contributed by atoms with E-state index in [1.54, 1.807) is 0 Å². The van der Waals surface area contributed by atoms with Crippen LogP contribution in [0.2, 0.25) is 0 Å². The molecule has 4 atom stereocenters. The van der Waals surface area contributed by atoms with Crippen LogP contribution in [0.3, 0.4) is 0 Å². The Bertz CT molecular complexity index is 617. The van der Waals surface area contributed by atoms with Crippen LogP contribution in [0, 0.1) is 0 Å². The van der Waals surface area contributed by atoms with E-state index < -0.39 is 18.0 Å². The van der Waals surface area contributed by atoms with E-state index in [0.29, 0.717) is 10.3 Å². The number of nitrogens with zero attached hydrogens (tertiary/aromatic N) is 1. The van der Waals surface area contributed by atoms with Gasteiger partial charge in [-0.3, -0.25) is 14.4 Å². The fraction of sp³-hybridized carbons (Fsp3) is 0.765. The van der Waals surface area contributed by atoms with Crippen LogP contribution in [0.25, 0.3) is 0 Å². The Labute approximate surface area is 167 Å². The van der Waals surface area contributed by atoms with Crippen molar-refractivity contribution in [1.82, 2.24) is 21.0 Å². The molecule has 3 heterocycles. The molecule has 10 nitrogen and oxygen atoms in total. The Morgan fingerprint density at radius 1 is 1.25 bits per heavy atom. The summed E-state index contributed by atoms with van der Waals surface area (Å²) in [5, 5.41) is 10.1. The summed E-state index contributed by atoms with van der Waals surface area (Å²) in [6.45, 7) is 2.73. The van der Waals surface area contributed by atoms with E-state index in [4.69, 9.17) is 4.74 Å². The number of thioether (sulfide) groups is 1. The van der Waals surface area contributed by atoms with Gasteiger partial charge in [0, 0.05) is 29.9 Å². The zero-order chi connectivity index (χ0) is 20.1. The first-order valence-corrected chi connectivity index (χ1v) is 10.6. The minimum Gasteiger partial charge on any atom is -0.431 e. The molecule has 3 saturated heterocycles. The Balaban J connectivity index is 1.22. The van der Waals surface area contributed by atoms with Gasteiger partial charge in [0.25, 0.3) is 11.8 Å². The van der Waals surface area contributed by atoms with Crippen molar-refractivity contribution >= 4 is 35.8 Å². The van der Waals surface area contributed by atoms with Crippen LogP contribution in [0.15, 0.2) is 0 Å². The lowest BCUT2D eigenvalue weighted by atomic mass is 10.0. The largest absolute Gasteiger partial charge is 0.534 e. The Morgan fingerprint density at radius 3 is 2.75 bits per heavy atom. The number of unbranched alkanes of at least 4 members (excludes halogenated alkanes) is 1. The standard InChI is InChI=1S/C17H26N4O6S/c1-10(8-26-17(25)27-21-13(22)5-6-14(21)23)18-7-3-2-4-12-15-11(9-28-12)19-16(24)20-15/h10-12,15,18H,2-9H2,1H3,(H2,19,20,24). The zero-order valence-corrected chi connectivity index (χ0v) is 16.6. The molecule has 3 N–H and O–H groups in total. The Kier molecular flexibility index (Phi) is 7.00. The number of carbonyl (C=O) groups excluding carboxylic acids is 4. The summed E-state index contributed by atoms with van der Waals surface area (Å²) >= 11 is 1.90. The second-order valence-corrected chi connectivity index (χ2v) is 8.48. The van der Waals surface area contributed by atoms with Gasteiger partial charge in [0.05, 0.1) is 12.1 Å². The second kappa shape index (κ2) is 9.46. The van der Waals surface area contributed by atoms with Gasteiger partial charge in [0.1, 0.15) is 6.61 Å². The van der Waals surface area contributed by atoms with E-state index in [1.165, 1.54) is 0 Å². The number of hydrogen-bond acceptors (Lipinski definition) is 8. The van der Waals surface area contributed by atoms with Crippen molar-refractivity contribution in [3.8, 4) is 0 Å². The monoisotopic (exact) mass is 414 g/mol. The summed E-state index contributed by atoms with van der Waals surface area (Å²) in [5.74, 6) is -0.105. The lowest BCUT2D eigenvalue weighted by molar-refractivity contribution is -0.177. The molecule has 4 unspecified atom stereocenters. The highest BCUT2D eigenvalue weighted by atomic mass is 32.2. The third-order valence-corrected chi connectivity index (χ3v) is 6.48. The van der Waals surface area contributed by atoms with Gasteiger partial charge in [-0.2, -0.15) is 11.8 Å². The van der Waals surface area contributed by atoms with Gasteiger partial charge in [-0.15, -0.1) is 0 Å². The number of nitrogens with one attached hydrogen (secondary N) is 3. The molecule has 3 rings (SSSR count). The first-order valence-electron chi connectivity index (χ1n) is 9.56. The third-order valence-electron chi connectivity index (χ3n) is 4.97. The summed E-state index contributed by atoms with van der Waals surface area (Å²) in [4.78, 5) is 50.3. The van der Waals surface area contributed by atoms with Gasteiger partial charge in [-0.25, -0.2) is 9.59 Å². The summed E-state index contributed by atoms with van der Waals surface area (Å²) in [6.07, 6.45) is 2.10. The van der Waals surface area contributed by atoms with E-state index >= 15 is 0 Å². The maximum Gasteiger partial charge on any atom is 0.534 e. The number of hydrogen-bond donors (Lipinski definition) is 3. The van der Waals surface area contributed by atoms with Crippen molar-refractivity contribution < 1.29 is 28.8 Å². The SMILES string of the molecule is CC(COC(=O)ON1C(=O)CCC1=O)NCCCCC1SCC2NC(=O)NC21. The second-order valence-electron chi connectivity index (χ2n) is 7.21. The number of hydroxylamine groups is 2. The van der Waals surface area contributed by atoms with Crippen molar-refractivity contribution in [3.05, 3.63) is 0 Å². The average molecular weight is 414 g/mol. The highest BCUT2D eigenvalue weighted by Crippen LogP contribution is 2.32. The zero-order valence-electron chi connectivity index (χ0n) is 15.8. The molecule has 156 valence electrons. The molecule has 4 amide bonds. The van der Waals surface area contributed by atoms with Crippen LogP contribution < -0.4 is 16.0 Å². The Morgan fingerprint density at radius 2 is 2.00 bits per heavy atom. The van der Waals surface area contributed by atoms with E-state index in [1.807, 2.05) is 18.7 Å². The van der Waals surface area contributed by atoms with Crippen LogP contribution in [-0.4, -0.2) is 71.3 Å². The van der Waals surface area contributed by atoms with Gasteiger partial charge < -0.3 is 20.7 Å². The number of imide groups is 1. The summed E-state index contributed by atoms with van der Waals surface area (Å²) in [7, 11) is 0. The molecule has 0 spiro atoms. The summed E-state index contributed by atoms with van der Waals surface area (Å²) in [6, 6.07) is 0.343. The Hall–Kier alpha value is -2.01. The summed E-state index contributed by atoms with van der Waals surface area (Å²) in [5.41, 5.74) is 0. The molecular formula is C17H26N4O6S. The summed E-state index contributed by atoms with van der Waals surface area (Å²) < 4.78 is 4.94. The van der Waals surface area contributed by atoms with Crippen LogP contribution in [0.1, 0.15) is 39.0 Å². The fourth-order valence-electron chi connectivity index (χ4n) is 3.47. The van der Waals surface area contributed by atoms with Gasteiger partial charge in [0.15, 0.2) is 0 Å². The molecule has 0 aromatic heterocycles. The van der Waals surface area contributed by atoms with Gasteiger partial charge in [-0.05, 0) is 26.3 Å². The number of rotatable bonds is 9. The van der Waals surface area contributed by atoms with E-state index in [9.17, 15) is 19.2 Å². The number of carbonyl (C=O) groups is 4. The normalized spacial score (nSPS) is 27.4. The number of amides is 4. The molecule has 0 radical (unpaired) electrons. The molecule has 3 aliphatic heterocycles. The van der Waals surface area contributed by atoms with E-state index in [2.05, 4.69) is 20.8 Å². The third kappa shape index (κ3) is 5.28. The lowest BCUT2D eigenvalue weighted by Gasteiger charge is -2.17. The number of urea groups is 1. The van der Waals surface area contributed by atoms with Crippen LogP contribution in [0.5, 0.6) is 0 Å². The molecule has 0 saturated carbocycles. The first-order chi connectivity index (χ1) is 13.4. The van der Waals surface area contributed by atoms with E-state index in [0.717, 1.165) is 31.6 Å². The minimum atomic E-state index is -1.06. The predicted octanol–water partition coefficient (Wildman–Crippen LogP) is 0.517. The molecule has 3 fully saturated rings. The average Bonchev–Trinajstić information content (AvgIpc) is 3.30. The smallest absolute Gasteiger partial charge is 0.431 e. The molecule has 0 aromatic carbocycles. The molecule has 11 heteroatoms. The van der Waals surface area contributed by atoms with Gasteiger partial charge >= 0.3 is 12.2 Å². The van der Waals surface area contributed by atoms with Crippen LogP contribution in [-0.2, 0) is 19.2 Å². The molecule has 28 heavy (non-hydrogen) atoms. The minimum absolute atomic E-state index is 0.0493. The molecule has 0 aromatic rings. The fourth-order valence-corrected chi connectivity index (χ4v) is 5.02. The van der Waals surface area contributed by atoms with Gasteiger partial charge in [0.2, 0.25) is 0 Å². The quantitative estimate of drug-likeness (QED) is 0.216. The van der Waals surface area contributed by atoms with Crippen molar-refractivity contribution in [2.45, 2.75) is 62.4 Å². The van der Waals surface area contributed by atoms with Crippen molar-refractivity contribution in [1.29, 1.82) is 0 Å². The van der Waals surface area contributed by atoms with Gasteiger partial charge in [-0.1, -0.05) is 11.5 Å². The van der Waals surface area contributed by atoms with Crippen molar-refractivity contribution in [2.24, 2.45) is 0 Å². The molecule has 3 aliphatic rings. The number of ether oxygens (including phenoxy) is 1. The maximum atomic E-state index is 11.6. The molecule has 0 aliphatic carbocycles. The first kappa shape index (κ1) is 20.7. The van der Waals surface area contributed by atoms with Crippen LogP contribution in [0.4, 0.5) is 9.59 Å². The maximum absolute atomic E-state index is 11.6. The van der Waals surface area contributed by atoms with E-state index in [-0.39, 0.29) is 43.6 Å². The molecular weight excluding hydrogens is 388 g/mol. The molecule has 0 bridgehead atoms. The van der Waals surface area contributed by atoms with Crippen molar-refractivity contribution in [2.75, 3.05) is 18.9 Å². The highest BCUT2D eigenvalue weighted by Gasteiger charge is 2.42. The lowest BCUT2D eigenvalue weighted by Crippen LogP contribution is -2.37. The number of fused-ring (bicyclic) bond motifs is 1. The van der Waals surface area contributed by atoms with Crippen LogP contribution >= 0.6 is 11.8 Å². The highest BCUT2D eigenvalue weighted by molar-refractivity contribution is 8.00.